The number of hydrogen-bond donors (Lipinski definition) is 0. The van der Waals surface area contributed by atoms with Gasteiger partial charge in [-0.15, -0.1) is 0 Å². The molecular formula is C23H23N3O6. The summed E-state index contributed by atoms with van der Waals surface area (Å²) in [6.45, 7) is 2.16. The Kier molecular flexibility index (Phi) is 5.30. The van der Waals surface area contributed by atoms with Crippen LogP contribution in [0.2, 0.25) is 0 Å². The Morgan fingerprint density at radius 2 is 1.59 bits per heavy atom. The highest BCUT2D eigenvalue weighted by atomic mass is 16.6. The molecule has 0 spiro atoms. The van der Waals surface area contributed by atoms with E-state index in [1.165, 1.54) is 4.57 Å². The molecule has 5 rings (SSSR count). The van der Waals surface area contributed by atoms with Crippen LogP contribution < -0.4 is 15.2 Å². The molecule has 3 aromatic rings. The van der Waals surface area contributed by atoms with Gasteiger partial charge in [-0.2, -0.15) is 0 Å². The van der Waals surface area contributed by atoms with E-state index in [1.54, 1.807) is 40.1 Å². The molecule has 1 saturated heterocycles. The first kappa shape index (κ1) is 20.2. The second-order valence-electron chi connectivity index (χ2n) is 7.81. The molecule has 0 saturated carbocycles. The fourth-order valence-corrected chi connectivity index (χ4v) is 4.11. The van der Waals surface area contributed by atoms with E-state index in [4.69, 9.17) is 13.9 Å². The Hall–Kier alpha value is -3.75. The lowest BCUT2D eigenvalue weighted by Gasteiger charge is -2.37. The molecule has 32 heavy (non-hydrogen) atoms. The predicted molar refractivity (Wildman–Crippen MR) is 115 cm³/mol. The van der Waals surface area contributed by atoms with Crippen molar-refractivity contribution in [1.29, 1.82) is 0 Å². The number of rotatable bonds is 4. The number of fused-ring (bicyclic) bond motifs is 2. The first-order chi connectivity index (χ1) is 15.6. The molecule has 9 heteroatoms. The molecule has 3 heterocycles. The summed E-state index contributed by atoms with van der Waals surface area (Å²) in [6.07, 6.45) is -0.498. The van der Waals surface area contributed by atoms with E-state index >= 15 is 0 Å². The Labute approximate surface area is 183 Å². The summed E-state index contributed by atoms with van der Waals surface area (Å²) in [7, 11) is 0. The lowest BCUT2D eigenvalue weighted by molar-refractivity contribution is -0.146. The third-order valence-electron chi connectivity index (χ3n) is 5.85. The van der Waals surface area contributed by atoms with Crippen LogP contribution in [0.1, 0.15) is 6.42 Å². The fraction of sp³-hybridized carbons (Fsp3) is 0.348. The SMILES string of the molecule is O=C(CCn1c(=O)oc2ccccc21)N1CCN(C(=O)[C@H]2COc3ccccc3O2)CC1. The van der Waals surface area contributed by atoms with E-state index < -0.39 is 11.9 Å². The van der Waals surface area contributed by atoms with Gasteiger partial charge in [0, 0.05) is 39.1 Å². The minimum atomic E-state index is -0.687. The van der Waals surface area contributed by atoms with Crippen molar-refractivity contribution in [2.75, 3.05) is 32.8 Å². The van der Waals surface area contributed by atoms with Gasteiger partial charge in [0.05, 0.1) is 5.52 Å². The molecule has 0 unspecified atom stereocenters. The van der Waals surface area contributed by atoms with Crippen LogP contribution in [0.4, 0.5) is 0 Å². The van der Waals surface area contributed by atoms with Crippen molar-refractivity contribution in [1.82, 2.24) is 14.4 Å². The summed E-state index contributed by atoms with van der Waals surface area (Å²) < 4.78 is 18.1. The summed E-state index contributed by atoms with van der Waals surface area (Å²) in [4.78, 5) is 41.1. The van der Waals surface area contributed by atoms with Crippen molar-refractivity contribution in [3.05, 3.63) is 59.1 Å². The molecule has 0 radical (unpaired) electrons. The number of nitrogens with zero attached hydrogens (tertiary/aromatic N) is 3. The molecule has 1 atom stereocenters. The van der Waals surface area contributed by atoms with Crippen LogP contribution >= 0.6 is 0 Å². The lowest BCUT2D eigenvalue weighted by atomic mass is 10.2. The normalized spacial score (nSPS) is 18.1. The Morgan fingerprint density at radius 1 is 0.906 bits per heavy atom. The monoisotopic (exact) mass is 437 g/mol. The number of amides is 2. The first-order valence-corrected chi connectivity index (χ1v) is 10.6. The third-order valence-corrected chi connectivity index (χ3v) is 5.85. The van der Waals surface area contributed by atoms with Crippen molar-refractivity contribution in [2.24, 2.45) is 0 Å². The van der Waals surface area contributed by atoms with Crippen LogP contribution in [0, 0.1) is 0 Å². The lowest BCUT2D eigenvalue weighted by Crippen LogP contribution is -2.55. The second kappa shape index (κ2) is 8.41. The van der Waals surface area contributed by atoms with Gasteiger partial charge in [0.2, 0.25) is 12.0 Å². The van der Waals surface area contributed by atoms with Crippen LogP contribution in [-0.4, -0.2) is 65.1 Å². The Balaban J connectivity index is 1.14. The van der Waals surface area contributed by atoms with E-state index in [9.17, 15) is 14.4 Å². The summed E-state index contributed by atoms with van der Waals surface area (Å²) in [5.74, 6) is 0.540. The van der Waals surface area contributed by atoms with Crippen molar-refractivity contribution in [3.8, 4) is 11.5 Å². The molecule has 2 aliphatic rings. The molecule has 166 valence electrons. The molecule has 0 N–H and O–H groups in total. The van der Waals surface area contributed by atoms with E-state index in [0.717, 1.165) is 0 Å². The number of para-hydroxylation sites is 4. The number of benzene rings is 2. The number of aromatic nitrogens is 1. The highest BCUT2D eigenvalue weighted by Gasteiger charge is 2.33. The number of ether oxygens (including phenoxy) is 2. The highest BCUT2D eigenvalue weighted by molar-refractivity contribution is 5.83. The topological polar surface area (TPSA) is 94.2 Å². The standard InChI is InChI=1S/C23H23N3O6/c27-21(9-10-26-16-5-1-2-6-17(16)32-23(26)29)24-11-13-25(14-12-24)22(28)20-15-30-18-7-3-4-8-19(18)31-20/h1-8,20H,9-15H2/t20-/m1/s1. The largest absolute Gasteiger partial charge is 0.485 e. The van der Waals surface area contributed by atoms with Gasteiger partial charge >= 0.3 is 5.76 Å². The number of aryl methyl sites for hydroxylation is 1. The average molecular weight is 437 g/mol. The van der Waals surface area contributed by atoms with Gasteiger partial charge in [0.15, 0.2) is 17.1 Å². The van der Waals surface area contributed by atoms with E-state index in [2.05, 4.69) is 0 Å². The summed E-state index contributed by atoms with van der Waals surface area (Å²) >= 11 is 0. The molecule has 2 amide bonds. The van der Waals surface area contributed by atoms with Gasteiger partial charge < -0.3 is 23.7 Å². The quantitative estimate of drug-likeness (QED) is 0.614. The summed E-state index contributed by atoms with van der Waals surface area (Å²) in [5, 5.41) is 0. The molecular weight excluding hydrogens is 414 g/mol. The molecule has 9 nitrogen and oxygen atoms in total. The Bertz CT molecular complexity index is 1210. The predicted octanol–water partition coefficient (Wildman–Crippen LogP) is 1.50. The van der Waals surface area contributed by atoms with E-state index in [0.29, 0.717) is 48.8 Å². The van der Waals surface area contributed by atoms with Gasteiger partial charge in [-0.3, -0.25) is 14.2 Å². The molecule has 1 aromatic heterocycles. The van der Waals surface area contributed by atoms with Crippen LogP contribution in [-0.2, 0) is 16.1 Å². The van der Waals surface area contributed by atoms with Crippen LogP contribution in [0.3, 0.4) is 0 Å². The van der Waals surface area contributed by atoms with Crippen molar-refractivity contribution in [2.45, 2.75) is 19.1 Å². The number of piperazine rings is 1. The fourth-order valence-electron chi connectivity index (χ4n) is 4.11. The number of hydrogen-bond acceptors (Lipinski definition) is 6. The summed E-state index contributed by atoms with van der Waals surface area (Å²) in [6, 6.07) is 14.4. The number of oxazole rings is 1. The van der Waals surface area contributed by atoms with Crippen LogP contribution in [0.5, 0.6) is 11.5 Å². The van der Waals surface area contributed by atoms with Crippen molar-refractivity contribution < 1.29 is 23.5 Å². The first-order valence-electron chi connectivity index (χ1n) is 10.6. The maximum absolute atomic E-state index is 12.9. The zero-order chi connectivity index (χ0) is 22.1. The molecule has 0 bridgehead atoms. The Morgan fingerprint density at radius 3 is 2.41 bits per heavy atom. The van der Waals surface area contributed by atoms with E-state index in [1.807, 2.05) is 18.2 Å². The van der Waals surface area contributed by atoms with Crippen molar-refractivity contribution in [3.63, 3.8) is 0 Å². The third kappa shape index (κ3) is 3.81. The molecule has 2 aromatic carbocycles. The highest BCUT2D eigenvalue weighted by Crippen LogP contribution is 2.31. The minimum absolute atomic E-state index is 0.0551. The minimum Gasteiger partial charge on any atom is -0.485 e. The van der Waals surface area contributed by atoms with Crippen LogP contribution in [0.15, 0.2) is 57.7 Å². The summed E-state index contributed by atoms with van der Waals surface area (Å²) in [5.41, 5.74) is 1.19. The smallest absolute Gasteiger partial charge is 0.419 e. The number of carbonyl (C=O) groups is 2. The van der Waals surface area contributed by atoms with Crippen molar-refractivity contribution >= 4 is 22.9 Å². The maximum Gasteiger partial charge on any atom is 0.419 e. The van der Waals surface area contributed by atoms with Gasteiger partial charge in [0.25, 0.3) is 5.91 Å². The molecule has 2 aliphatic heterocycles. The van der Waals surface area contributed by atoms with Gasteiger partial charge in [-0.1, -0.05) is 24.3 Å². The van der Waals surface area contributed by atoms with E-state index in [-0.39, 0.29) is 31.4 Å². The number of carbonyl (C=O) groups excluding carboxylic acids is 2. The van der Waals surface area contributed by atoms with Gasteiger partial charge in [-0.05, 0) is 24.3 Å². The van der Waals surface area contributed by atoms with Gasteiger partial charge in [-0.25, -0.2) is 4.79 Å². The molecule has 1 fully saturated rings. The average Bonchev–Trinajstić information content (AvgIpc) is 3.16. The zero-order valence-electron chi connectivity index (χ0n) is 17.4. The zero-order valence-corrected chi connectivity index (χ0v) is 17.4. The molecule has 0 aliphatic carbocycles. The second-order valence-corrected chi connectivity index (χ2v) is 7.81. The van der Waals surface area contributed by atoms with Crippen LogP contribution in [0.25, 0.3) is 11.1 Å². The maximum atomic E-state index is 12.9. The van der Waals surface area contributed by atoms with Gasteiger partial charge in [0.1, 0.15) is 6.61 Å².